The molecule has 6 nitrogen and oxygen atoms in total. The van der Waals surface area contributed by atoms with Gasteiger partial charge < -0.3 is 19.2 Å². The number of hydrogen-bond acceptors (Lipinski definition) is 5. The zero-order chi connectivity index (χ0) is 13.0. The SMILES string of the molecule is CC(C(=NO)c1ccco1)[N+]([O-])=Cc1ccco1. The van der Waals surface area contributed by atoms with Crippen molar-refractivity contribution in [3.05, 3.63) is 53.5 Å². The van der Waals surface area contributed by atoms with Gasteiger partial charge in [0, 0.05) is 6.92 Å². The number of rotatable bonds is 4. The molecule has 94 valence electrons. The third kappa shape index (κ3) is 2.42. The largest absolute Gasteiger partial charge is 0.623 e. The lowest BCUT2D eigenvalue weighted by molar-refractivity contribution is -0.471. The third-order valence-electron chi connectivity index (χ3n) is 2.46. The standard InChI is InChI=1S/C12H12N2O4/c1-9(12(13-15)11-5-3-7-18-11)14(16)8-10-4-2-6-17-10/h2-9,15H,1H3. The van der Waals surface area contributed by atoms with Gasteiger partial charge in [-0.15, -0.1) is 0 Å². The third-order valence-corrected chi connectivity index (χ3v) is 2.46. The van der Waals surface area contributed by atoms with Crippen LogP contribution in [0.1, 0.15) is 18.4 Å². The van der Waals surface area contributed by atoms with Crippen molar-refractivity contribution in [2.75, 3.05) is 0 Å². The predicted octanol–water partition coefficient (Wildman–Crippen LogP) is 2.07. The van der Waals surface area contributed by atoms with Gasteiger partial charge in [0.05, 0.1) is 12.5 Å². The zero-order valence-electron chi connectivity index (χ0n) is 9.69. The van der Waals surface area contributed by atoms with Gasteiger partial charge in [-0.2, -0.15) is 4.74 Å². The second-order valence-electron chi connectivity index (χ2n) is 3.64. The maximum atomic E-state index is 11.9. The topological polar surface area (TPSA) is 84.9 Å². The van der Waals surface area contributed by atoms with Crippen molar-refractivity contribution in [1.82, 2.24) is 0 Å². The quantitative estimate of drug-likeness (QED) is 0.295. The van der Waals surface area contributed by atoms with Crippen molar-refractivity contribution >= 4 is 11.9 Å². The minimum Gasteiger partial charge on any atom is -0.623 e. The smallest absolute Gasteiger partial charge is 0.218 e. The molecule has 0 aliphatic heterocycles. The highest BCUT2D eigenvalue weighted by Gasteiger charge is 2.23. The molecule has 2 aromatic rings. The van der Waals surface area contributed by atoms with E-state index in [1.54, 1.807) is 31.2 Å². The van der Waals surface area contributed by atoms with Crippen molar-refractivity contribution < 1.29 is 18.8 Å². The summed E-state index contributed by atoms with van der Waals surface area (Å²) in [5.41, 5.74) is 0.151. The summed E-state index contributed by atoms with van der Waals surface area (Å²) in [6.45, 7) is 1.60. The number of hydroxylamine groups is 1. The highest BCUT2D eigenvalue weighted by atomic mass is 16.5. The van der Waals surface area contributed by atoms with E-state index in [0.717, 1.165) is 0 Å². The summed E-state index contributed by atoms with van der Waals surface area (Å²) in [7, 11) is 0. The molecule has 0 bridgehead atoms. The fraction of sp³-hybridized carbons (Fsp3) is 0.167. The molecule has 0 aliphatic carbocycles. The predicted molar refractivity (Wildman–Crippen MR) is 64.0 cm³/mol. The molecule has 0 radical (unpaired) electrons. The summed E-state index contributed by atoms with van der Waals surface area (Å²) in [4.78, 5) is 0. The van der Waals surface area contributed by atoms with E-state index in [1.165, 1.54) is 18.7 Å². The first-order valence-electron chi connectivity index (χ1n) is 5.32. The van der Waals surface area contributed by atoms with Crippen LogP contribution in [0.4, 0.5) is 0 Å². The van der Waals surface area contributed by atoms with Gasteiger partial charge in [-0.1, -0.05) is 5.16 Å². The van der Waals surface area contributed by atoms with Crippen LogP contribution in [-0.4, -0.2) is 27.9 Å². The molecule has 1 atom stereocenters. The van der Waals surface area contributed by atoms with Gasteiger partial charge in [0.15, 0.2) is 17.2 Å². The molecule has 2 rings (SSSR count). The minimum absolute atomic E-state index is 0.151. The summed E-state index contributed by atoms with van der Waals surface area (Å²) < 4.78 is 10.8. The van der Waals surface area contributed by atoms with Crippen LogP contribution >= 0.6 is 0 Å². The first-order valence-corrected chi connectivity index (χ1v) is 5.32. The summed E-state index contributed by atoms with van der Waals surface area (Å²) in [5.74, 6) is 0.771. The normalized spacial score (nSPS) is 14.7. The van der Waals surface area contributed by atoms with Gasteiger partial charge in [0.2, 0.25) is 12.3 Å². The van der Waals surface area contributed by atoms with E-state index in [0.29, 0.717) is 16.3 Å². The summed E-state index contributed by atoms with van der Waals surface area (Å²) in [5, 5.41) is 24.0. The molecule has 2 aromatic heterocycles. The Hall–Kier alpha value is -2.50. The molecule has 0 aromatic carbocycles. The van der Waals surface area contributed by atoms with Gasteiger partial charge in [0.25, 0.3) is 0 Å². The highest BCUT2D eigenvalue weighted by Crippen LogP contribution is 2.08. The van der Waals surface area contributed by atoms with Gasteiger partial charge in [-0.05, 0) is 24.3 Å². The average molecular weight is 248 g/mol. The van der Waals surface area contributed by atoms with Crippen molar-refractivity contribution in [1.29, 1.82) is 0 Å². The Morgan fingerprint density at radius 3 is 2.67 bits per heavy atom. The van der Waals surface area contributed by atoms with E-state index in [4.69, 9.17) is 14.0 Å². The van der Waals surface area contributed by atoms with E-state index >= 15 is 0 Å². The molecule has 2 heterocycles. The molecule has 0 aliphatic rings. The summed E-state index contributed by atoms with van der Waals surface area (Å²) in [6, 6.07) is 5.90. The van der Waals surface area contributed by atoms with E-state index < -0.39 is 6.04 Å². The van der Waals surface area contributed by atoms with Gasteiger partial charge in [-0.3, -0.25) is 0 Å². The average Bonchev–Trinajstić information content (AvgIpc) is 3.02. The molecular formula is C12H12N2O4. The van der Waals surface area contributed by atoms with Crippen LogP contribution in [0.3, 0.4) is 0 Å². The summed E-state index contributed by atoms with van der Waals surface area (Å²) >= 11 is 0. The second kappa shape index (κ2) is 5.22. The molecule has 0 fully saturated rings. The molecule has 1 unspecified atom stereocenters. The number of nitrogens with zero attached hydrogens (tertiary/aromatic N) is 2. The van der Waals surface area contributed by atoms with Crippen LogP contribution in [-0.2, 0) is 0 Å². The molecule has 0 saturated heterocycles. The van der Waals surface area contributed by atoms with Gasteiger partial charge >= 0.3 is 0 Å². The molecule has 18 heavy (non-hydrogen) atoms. The Kier molecular flexibility index (Phi) is 3.47. The van der Waals surface area contributed by atoms with Gasteiger partial charge in [-0.25, -0.2) is 0 Å². The molecule has 6 heteroatoms. The molecule has 0 amide bonds. The van der Waals surface area contributed by atoms with Crippen LogP contribution in [0, 0.1) is 5.21 Å². The lowest BCUT2D eigenvalue weighted by atomic mass is 10.1. The fourth-order valence-corrected chi connectivity index (χ4v) is 1.49. The van der Waals surface area contributed by atoms with Gasteiger partial charge in [0.1, 0.15) is 0 Å². The van der Waals surface area contributed by atoms with Crippen LogP contribution in [0.25, 0.3) is 0 Å². The lowest BCUT2D eigenvalue weighted by Gasteiger charge is -2.11. The highest BCUT2D eigenvalue weighted by molar-refractivity contribution is 6.01. The Balaban J connectivity index is 2.23. The van der Waals surface area contributed by atoms with Crippen molar-refractivity contribution in [3.63, 3.8) is 0 Å². The van der Waals surface area contributed by atoms with E-state index in [1.807, 2.05) is 0 Å². The Morgan fingerprint density at radius 2 is 2.11 bits per heavy atom. The monoisotopic (exact) mass is 248 g/mol. The molecular weight excluding hydrogens is 236 g/mol. The Bertz CT molecular complexity index is 541. The van der Waals surface area contributed by atoms with Crippen molar-refractivity contribution in [2.24, 2.45) is 5.16 Å². The molecule has 1 N–H and O–H groups in total. The van der Waals surface area contributed by atoms with Crippen LogP contribution in [0.5, 0.6) is 0 Å². The minimum atomic E-state index is -0.703. The lowest BCUT2D eigenvalue weighted by Crippen LogP contribution is -2.29. The first-order chi connectivity index (χ1) is 8.72. The maximum absolute atomic E-state index is 11.9. The molecule has 0 spiro atoms. The fourth-order valence-electron chi connectivity index (χ4n) is 1.49. The van der Waals surface area contributed by atoms with Crippen LogP contribution in [0.2, 0.25) is 0 Å². The number of hydrogen-bond donors (Lipinski definition) is 1. The maximum Gasteiger partial charge on any atom is 0.218 e. The summed E-state index contributed by atoms with van der Waals surface area (Å²) in [6.07, 6.45) is 4.19. The molecule has 0 saturated carbocycles. The number of oxime groups is 1. The van der Waals surface area contributed by atoms with Crippen LogP contribution in [0.15, 0.2) is 50.8 Å². The van der Waals surface area contributed by atoms with Crippen LogP contribution < -0.4 is 0 Å². The Morgan fingerprint density at radius 1 is 1.39 bits per heavy atom. The second-order valence-corrected chi connectivity index (χ2v) is 3.64. The van der Waals surface area contributed by atoms with Crippen molar-refractivity contribution in [2.45, 2.75) is 13.0 Å². The zero-order valence-corrected chi connectivity index (χ0v) is 9.69. The van der Waals surface area contributed by atoms with E-state index in [2.05, 4.69) is 5.16 Å². The van der Waals surface area contributed by atoms with Crippen molar-refractivity contribution in [3.8, 4) is 0 Å². The first kappa shape index (κ1) is 12.0. The van der Waals surface area contributed by atoms with E-state index in [9.17, 15) is 5.21 Å². The Labute approximate surface area is 103 Å². The van der Waals surface area contributed by atoms with E-state index in [-0.39, 0.29) is 5.71 Å². The number of furan rings is 2.